The monoisotopic (exact) mass is 808 g/mol. The lowest BCUT2D eigenvalue weighted by atomic mass is 9.60. The third kappa shape index (κ3) is 6.63. The van der Waals surface area contributed by atoms with Crippen molar-refractivity contribution in [3.63, 3.8) is 0 Å². The molecule has 308 valence electrons. The average Bonchev–Trinajstić information content (AvgIpc) is 3.40. The van der Waals surface area contributed by atoms with Crippen LogP contribution in [0.25, 0.3) is 33.9 Å². The lowest BCUT2D eigenvalue weighted by Crippen LogP contribution is -2.54. The van der Waals surface area contributed by atoms with Crippen molar-refractivity contribution in [1.82, 2.24) is 0 Å². The molecule has 2 fully saturated rings. The van der Waals surface area contributed by atoms with Crippen molar-refractivity contribution in [2.75, 3.05) is 4.90 Å². The number of benzene rings is 4. The summed E-state index contributed by atoms with van der Waals surface area (Å²) in [6.45, 7) is 32.8. The fourth-order valence-corrected chi connectivity index (χ4v) is 11.6. The Balaban J connectivity index is 1.53. The first kappa shape index (κ1) is 41.7. The van der Waals surface area contributed by atoms with Gasteiger partial charge < -0.3 is 10.6 Å². The van der Waals surface area contributed by atoms with Crippen LogP contribution in [0.4, 0.5) is 11.4 Å². The number of fused-ring (bicyclic) bond motifs is 4. The van der Waals surface area contributed by atoms with Gasteiger partial charge in [-0.3, -0.25) is 0 Å². The fraction of sp³-hybridized carbons (Fsp3) is 0.333. The van der Waals surface area contributed by atoms with Gasteiger partial charge >= 0.3 is 0 Å². The van der Waals surface area contributed by atoms with Gasteiger partial charge in [0.15, 0.2) is 0 Å². The van der Waals surface area contributed by atoms with Crippen molar-refractivity contribution in [2.45, 2.75) is 116 Å². The van der Waals surface area contributed by atoms with Crippen LogP contribution in [0.3, 0.4) is 0 Å². The molecule has 1 heterocycles. The highest BCUT2D eigenvalue weighted by Crippen LogP contribution is 2.64. The Labute approximate surface area is 366 Å². The Bertz CT molecular complexity index is 2590. The summed E-state index contributed by atoms with van der Waals surface area (Å²) in [7, 11) is 0. The summed E-state index contributed by atoms with van der Waals surface area (Å²) >= 11 is 4.99. The van der Waals surface area contributed by atoms with Gasteiger partial charge in [0, 0.05) is 38.4 Å². The maximum Gasteiger partial charge on any atom is 0.0518 e. The Morgan fingerprint density at radius 1 is 0.700 bits per heavy atom. The summed E-state index contributed by atoms with van der Waals surface area (Å²) in [4.78, 5) is 3.77. The first-order valence-corrected chi connectivity index (χ1v) is 22.5. The highest BCUT2D eigenvalue weighted by molar-refractivity contribution is 7.80. The van der Waals surface area contributed by atoms with E-state index in [0.717, 1.165) is 81.5 Å². The van der Waals surface area contributed by atoms with Crippen molar-refractivity contribution in [1.29, 1.82) is 0 Å². The van der Waals surface area contributed by atoms with Crippen molar-refractivity contribution >= 4 is 35.7 Å². The van der Waals surface area contributed by atoms with E-state index in [4.69, 9.17) is 18.4 Å². The Morgan fingerprint density at radius 3 is 2.05 bits per heavy atom. The molecule has 60 heavy (non-hydrogen) atoms. The van der Waals surface area contributed by atoms with Gasteiger partial charge in [-0.25, -0.2) is 0 Å². The Hall–Kier alpha value is -4.99. The number of nitrogens with zero attached hydrogens (tertiary/aromatic N) is 1. The minimum atomic E-state index is -0.207. The summed E-state index contributed by atoms with van der Waals surface area (Å²) < 4.78 is 0. The van der Waals surface area contributed by atoms with Crippen molar-refractivity contribution in [3.05, 3.63) is 173 Å². The normalized spacial score (nSPS) is 24.4. The summed E-state index contributed by atoms with van der Waals surface area (Å²) in [6.07, 6.45) is 18.8. The molecule has 2 unspecified atom stereocenters. The van der Waals surface area contributed by atoms with Gasteiger partial charge in [-0.2, -0.15) is 0 Å². The van der Waals surface area contributed by atoms with Crippen molar-refractivity contribution < 1.29 is 0 Å². The topological polar surface area (TPSA) is 29.3 Å². The molecule has 4 aromatic rings. The second-order valence-corrected chi connectivity index (χ2v) is 20.3. The molecule has 8 rings (SSSR count). The van der Waals surface area contributed by atoms with E-state index in [2.05, 4.69) is 183 Å². The largest absolute Gasteiger partial charge is 0.398 e. The quantitative estimate of drug-likeness (QED) is 0.197. The molecular weight excluding hydrogens is 745 g/mol. The van der Waals surface area contributed by atoms with E-state index in [1.165, 1.54) is 57.6 Å². The first-order valence-electron chi connectivity index (χ1n) is 22.0. The molecule has 4 aromatic carbocycles. The smallest absolute Gasteiger partial charge is 0.0518 e. The van der Waals surface area contributed by atoms with Crippen LogP contribution in [0.5, 0.6) is 0 Å². The number of hydrogen-bond donors (Lipinski definition) is 2. The van der Waals surface area contributed by atoms with Crippen LogP contribution in [0.15, 0.2) is 150 Å². The van der Waals surface area contributed by atoms with Crippen molar-refractivity contribution in [3.8, 4) is 22.3 Å². The van der Waals surface area contributed by atoms with Gasteiger partial charge in [0.05, 0.1) is 11.2 Å². The number of anilines is 2. The highest BCUT2D eigenvalue weighted by Gasteiger charge is 2.58. The number of rotatable bonds is 5. The predicted octanol–water partition coefficient (Wildman–Crippen LogP) is 15.8. The van der Waals surface area contributed by atoms with E-state index in [0.29, 0.717) is 5.70 Å². The van der Waals surface area contributed by atoms with E-state index in [9.17, 15) is 0 Å². The first-order chi connectivity index (χ1) is 28.4. The lowest BCUT2D eigenvalue weighted by molar-refractivity contribution is 0.195. The van der Waals surface area contributed by atoms with Gasteiger partial charge in [0.2, 0.25) is 0 Å². The van der Waals surface area contributed by atoms with Gasteiger partial charge in [0.25, 0.3) is 0 Å². The van der Waals surface area contributed by atoms with Gasteiger partial charge in [-0.15, -0.1) is 12.6 Å². The molecule has 0 saturated heterocycles. The van der Waals surface area contributed by atoms with Crippen LogP contribution in [-0.2, 0) is 5.41 Å². The van der Waals surface area contributed by atoms with Crippen molar-refractivity contribution in [2.24, 2.45) is 16.6 Å². The SMILES string of the molecule is C=Cc1c(-c2ccccc2C)cc(N2c3c(C)cc(S)cc3C3(C)CCCCC23C)c(-c2ccccc2)c1C1=CCC=C2/C(=C\C(=C)C(=C)C=C1N)C(C)(C)CCC2(C)C. The Morgan fingerprint density at radius 2 is 1.35 bits per heavy atom. The summed E-state index contributed by atoms with van der Waals surface area (Å²) in [5, 5.41) is 0. The summed E-state index contributed by atoms with van der Waals surface area (Å²) in [6, 6.07) is 26.8. The molecule has 0 aromatic heterocycles. The molecule has 0 bridgehead atoms. The molecule has 2 nitrogen and oxygen atoms in total. The number of aryl methyl sites for hydroxylation is 2. The summed E-state index contributed by atoms with van der Waals surface area (Å²) in [5.74, 6) is 0. The molecule has 2 N–H and O–H groups in total. The van der Waals surface area contributed by atoms with Gasteiger partial charge in [-0.05, 0) is 149 Å². The van der Waals surface area contributed by atoms with Crippen LogP contribution in [-0.4, -0.2) is 5.54 Å². The predicted molar refractivity (Wildman–Crippen MR) is 263 cm³/mol. The Kier molecular flexibility index (Phi) is 10.6. The average molecular weight is 809 g/mol. The van der Waals surface area contributed by atoms with E-state index >= 15 is 0 Å². The molecule has 2 atom stereocenters. The standard InChI is InChI=1S/C57H64N2S/c1-12-42-45(43-24-17-16-21-36(43)2)35-50(59-53-39(5)31-41(60)34-48(53)56(10)27-18-19-28-57(56,59)11)51(40-22-14-13-15-23-40)52(42)44-25-20-26-46-47(32-37(3)38(4)33-49(44)58)55(8,9)30-29-54(46,6)7/h12-17,21-26,31-35,60H,1,3-4,18-20,27-30,58H2,2,5-11H3/b44-25?,46-26?,47-32+,49-33?. The molecule has 2 saturated carbocycles. The zero-order chi connectivity index (χ0) is 42.9. The molecule has 0 amide bonds. The van der Waals surface area contributed by atoms with E-state index in [1.807, 2.05) is 0 Å². The molecule has 3 aliphatic carbocycles. The lowest BCUT2D eigenvalue weighted by Gasteiger charge is -2.51. The van der Waals surface area contributed by atoms with Crippen LogP contribution in [0, 0.1) is 24.7 Å². The molecule has 3 heteroatoms. The number of allylic oxidation sites excluding steroid dienone is 9. The number of nitrogens with two attached hydrogens (primary N) is 1. The van der Waals surface area contributed by atoms with Crippen LogP contribution in [0.2, 0.25) is 0 Å². The second kappa shape index (κ2) is 15.2. The number of hydrogen-bond acceptors (Lipinski definition) is 3. The third-order valence-corrected chi connectivity index (χ3v) is 15.3. The third-order valence-electron chi connectivity index (χ3n) is 15.1. The zero-order valence-corrected chi connectivity index (χ0v) is 38.3. The van der Waals surface area contributed by atoms with Crippen LogP contribution >= 0.6 is 12.6 Å². The molecule has 1 aliphatic heterocycles. The number of thiol groups is 1. The maximum atomic E-state index is 7.51. The van der Waals surface area contributed by atoms with Gasteiger partial charge in [0.1, 0.15) is 0 Å². The van der Waals surface area contributed by atoms with E-state index in [1.54, 1.807) is 0 Å². The van der Waals surface area contributed by atoms with Crippen LogP contribution in [0.1, 0.15) is 114 Å². The molecule has 0 spiro atoms. The fourth-order valence-electron chi connectivity index (χ4n) is 11.3. The minimum absolute atomic E-state index is 0.00923. The molecular formula is C57H64N2S. The molecule has 0 radical (unpaired) electrons. The summed E-state index contributed by atoms with van der Waals surface area (Å²) in [5.41, 5.74) is 26.5. The van der Waals surface area contributed by atoms with E-state index < -0.39 is 0 Å². The van der Waals surface area contributed by atoms with Gasteiger partial charge in [-0.1, -0.05) is 146 Å². The van der Waals surface area contributed by atoms with E-state index in [-0.39, 0.29) is 21.8 Å². The van der Waals surface area contributed by atoms with Crippen LogP contribution < -0.4 is 10.6 Å². The molecule has 4 aliphatic rings. The minimum Gasteiger partial charge on any atom is -0.398 e. The second-order valence-electron chi connectivity index (χ2n) is 19.7. The maximum absolute atomic E-state index is 7.51. The zero-order valence-electron chi connectivity index (χ0n) is 37.4. The highest BCUT2D eigenvalue weighted by atomic mass is 32.1.